The first-order valence-electron chi connectivity index (χ1n) is 10.6. The number of nitrogens with one attached hydrogen (secondary N) is 1. The molecule has 0 unspecified atom stereocenters. The maximum absolute atomic E-state index is 13.3. The number of methoxy groups -OCH3 is 1. The summed E-state index contributed by atoms with van der Waals surface area (Å²) < 4.78 is 18.1. The fourth-order valence-electron chi connectivity index (χ4n) is 3.81. The van der Waals surface area contributed by atoms with E-state index in [0.29, 0.717) is 41.6 Å². The van der Waals surface area contributed by atoms with Crippen LogP contribution in [0.2, 0.25) is 0 Å². The molecule has 0 radical (unpaired) electrons. The number of benzene rings is 3. The van der Waals surface area contributed by atoms with Crippen molar-refractivity contribution in [3.8, 4) is 28.5 Å². The molecule has 1 amide bonds. The van der Waals surface area contributed by atoms with Crippen molar-refractivity contribution >= 4 is 5.91 Å². The van der Waals surface area contributed by atoms with E-state index in [0.717, 1.165) is 16.7 Å². The van der Waals surface area contributed by atoms with E-state index in [2.05, 4.69) is 5.32 Å². The molecule has 1 aliphatic heterocycles. The molecular formula is C26H23N3O4. The van der Waals surface area contributed by atoms with Gasteiger partial charge in [-0.3, -0.25) is 9.48 Å². The highest BCUT2D eigenvalue weighted by molar-refractivity contribution is 6.00. The second-order valence-electron chi connectivity index (χ2n) is 7.65. The quantitative estimate of drug-likeness (QED) is 0.464. The molecule has 0 spiro atoms. The third-order valence-electron chi connectivity index (χ3n) is 5.45. The van der Waals surface area contributed by atoms with Crippen molar-refractivity contribution in [2.24, 2.45) is 0 Å². The number of hydrogen-bond donors (Lipinski definition) is 1. The number of amides is 1. The van der Waals surface area contributed by atoms with Crippen molar-refractivity contribution in [3.05, 3.63) is 95.7 Å². The Labute approximate surface area is 191 Å². The van der Waals surface area contributed by atoms with Crippen LogP contribution in [0.5, 0.6) is 17.2 Å². The number of para-hydroxylation sites is 1. The first-order chi connectivity index (χ1) is 16.2. The van der Waals surface area contributed by atoms with Gasteiger partial charge in [0.15, 0.2) is 11.5 Å². The molecule has 2 heterocycles. The van der Waals surface area contributed by atoms with Crippen LogP contribution in [0.25, 0.3) is 11.3 Å². The molecule has 0 fully saturated rings. The standard InChI is InChI=1S/C26H23N3O4/c1-31-22-10-6-5-9-20(22)25-21(16-29(28-25)15-18-7-3-2-4-8-18)26(30)27-14-19-11-12-23-24(13-19)33-17-32-23/h2-13,16H,14-15,17H2,1H3,(H,27,30). The molecular weight excluding hydrogens is 418 g/mol. The van der Waals surface area contributed by atoms with Gasteiger partial charge in [0.1, 0.15) is 11.4 Å². The molecule has 33 heavy (non-hydrogen) atoms. The molecule has 5 rings (SSSR count). The number of ether oxygens (including phenoxy) is 3. The summed E-state index contributed by atoms with van der Waals surface area (Å²) >= 11 is 0. The van der Waals surface area contributed by atoms with Gasteiger partial charge in [-0.1, -0.05) is 48.5 Å². The van der Waals surface area contributed by atoms with Gasteiger partial charge >= 0.3 is 0 Å². The minimum absolute atomic E-state index is 0.215. The van der Waals surface area contributed by atoms with Gasteiger partial charge in [-0.25, -0.2) is 0 Å². The summed E-state index contributed by atoms with van der Waals surface area (Å²) in [6.45, 7) is 1.12. The highest BCUT2D eigenvalue weighted by Gasteiger charge is 2.21. The van der Waals surface area contributed by atoms with Crippen LogP contribution in [-0.4, -0.2) is 29.6 Å². The Morgan fingerprint density at radius 1 is 1.00 bits per heavy atom. The number of rotatable bonds is 7. The van der Waals surface area contributed by atoms with E-state index in [1.807, 2.05) is 72.8 Å². The maximum Gasteiger partial charge on any atom is 0.255 e. The second-order valence-corrected chi connectivity index (χ2v) is 7.65. The summed E-state index contributed by atoms with van der Waals surface area (Å²) in [4.78, 5) is 13.3. The fourth-order valence-corrected chi connectivity index (χ4v) is 3.81. The van der Waals surface area contributed by atoms with Crippen molar-refractivity contribution in [1.82, 2.24) is 15.1 Å². The van der Waals surface area contributed by atoms with Gasteiger partial charge in [0, 0.05) is 18.3 Å². The van der Waals surface area contributed by atoms with Crippen LogP contribution in [0.4, 0.5) is 0 Å². The Bertz CT molecular complexity index is 1280. The normalized spacial score (nSPS) is 11.9. The SMILES string of the molecule is COc1ccccc1-c1nn(Cc2ccccc2)cc1C(=O)NCc1ccc2c(c1)OCO2. The lowest BCUT2D eigenvalue weighted by atomic mass is 10.1. The second kappa shape index (κ2) is 9.08. The lowest BCUT2D eigenvalue weighted by Crippen LogP contribution is -2.23. The summed E-state index contributed by atoms with van der Waals surface area (Å²) in [5.74, 6) is 1.85. The topological polar surface area (TPSA) is 74.6 Å². The third kappa shape index (κ3) is 4.39. The molecule has 0 aliphatic carbocycles. The average molecular weight is 441 g/mol. The van der Waals surface area contributed by atoms with Gasteiger partial charge in [-0.2, -0.15) is 5.10 Å². The molecule has 1 N–H and O–H groups in total. The minimum Gasteiger partial charge on any atom is -0.496 e. The van der Waals surface area contributed by atoms with Crippen LogP contribution in [0.1, 0.15) is 21.5 Å². The summed E-state index contributed by atoms with van der Waals surface area (Å²) in [5.41, 5.74) is 3.84. The Morgan fingerprint density at radius 3 is 2.64 bits per heavy atom. The van der Waals surface area contributed by atoms with E-state index in [1.54, 1.807) is 18.0 Å². The molecule has 0 atom stereocenters. The summed E-state index contributed by atoms with van der Waals surface area (Å²) in [7, 11) is 1.61. The number of carbonyl (C=O) groups is 1. The van der Waals surface area contributed by atoms with E-state index in [-0.39, 0.29) is 12.7 Å². The van der Waals surface area contributed by atoms with E-state index in [9.17, 15) is 4.79 Å². The number of aromatic nitrogens is 2. The summed E-state index contributed by atoms with van der Waals surface area (Å²) in [6, 6.07) is 23.2. The molecule has 0 saturated carbocycles. The predicted molar refractivity (Wildman–Crippen MR) is 123 cm³/mol. The highest BCUT2D eigenvalue weighted by atomic mass is 16.7. The molecule has 7 nitrogen and oxygen atoms in total. The zero-order chi connectivity index (χ0) is 22.6. The smallest absolute Gasteiger partial charge is 0.255 e. The number of nitrogens with zero attached hydrogens (tertiary/aromatic N) is 2. The van der Waals surface area contributed by atoms with Crippen molar-refractivity contribution < 1.29 is 19.0 Å². The Balaban J connectivity index is 1.43. The van der Waals surface area contributed by atoms with Gasteiger partial charge in [0.05, 0.1) is 19.2 Å². The van der Waals surface area contributed by atoms with Crippen LogP contribution in [0.15, 0.2) is 79.0 Å². The zero-order valence-corrected chi connectivity index (χ0v) is 18.2. The molecule has 7 heteroatoms. The van der Waals surface area contributed by atoms with E-state index >= 15 is 0 Å². The van der Waals surface area contributed by atoms with Gasteiger partial charge in [-0.15, -0.1) is 0 Å². The van der Waals surface area contributed by atoms with Crippen LogP contribution < -0.4 is 19.5 Å². The highest BCUT2D eigenvalue weighted by Crippen LogP contribution is 2.33. The van der Waals surface area contributed by atoms with E-state index in [4.69, 9.17) is 19.3 Å². The van der Waals surface area contributed by atoms with Gasteiger partial charge in [-0.05, 0) is 35.4 Å². The summed E-state index contributed by atoms with van der Waals surface area (Å²) in [6.07, 6.45) is 1.78. The number of fused-ring (bicyclic) bond motifs is 1. The largest absolute Gasteiger partial charge is 0.496 e. The maximum atomic E-state index is 13.3. The van der Waals surface area contributed by atoms with Crippen molar-refractivity contribution in [2.75, 3.05) is 13.9 Å². The lowest BCUT2D eigenvalue weighted by Gasteiger charge is -2.09. The van der Waals surface area contributed by atoms with Gasteiger partial charge in [0.25, 0.3) is 5.91 Å². The van der Waals surface area contributed by atoms with Crippen molar-refractivity contribution in [3.63, 3.8) is 0 Å². The Morgan fingerprint density at radius 2 is 1.79 bits per heavy atom. The molecule has 3 aromatic carbocycles. The summed E-state index contributed by atoms with van der Waals surface area (Å²) in [5, 5.41) is 7.75. The molecule has 0 bridgehead atoms. The monoisotopic (exact) mass is 441 g/mol. The third-order valence-corrected chi connectivity index (χ3v) is 5.45. The molecule has 166 valence electrons. The van der Waals surface area contributed by atoms with Crippen molar-refractivity contribution in [1.29, 1.82) is 0 Å². The lowest BCUT2D eigenvalue weighted by molar-refractivity contribution is 0.0951. The molecule has 0 saturated heterocycles. The van der Waals surface area contributed by atoms with Gasteiger partial charge in [0.2, 0.25) is 6.79 Å². The predicted octanol–water partition coefficient (Wildman–Crippen LogP) is 4.27. The van der Waals surface area contributed by atoms with Crippen LogP contribution in [-0.2, 0) is 13.1 Å². The van der Waals surface area contributed by atoms with E-state index in [1.165, 1.54) is 0 Å². The average Bonchev–Trinajstić information content (AvgIpc) is 3.50. The molecule has 1 aliphatic rings. The molecule has 1 aromatic heterocycles. The fraction of sp³-hybridized carbons (Fsp3) is 0.154. The van der Waals surface area contributed by atoms with Crippen LogP contribution >= 0.6 is 0 Å². The van der Waals surface area contributed by atoms with Crippen LogP contribution in [0, 0.1) is 0 Å². The number of carbonyl (C=O) groups excluding carboxylic acids is 1. The van der Waals surface area contributed by atoms with Crippen LogP contribution in [0.3, 0.4) is 0 Å². The van der Waals surface area contributed by atoms with E-state index < -0.39 is 0 Å². The first kappa shape index (κ1) is 20.6. The first-order valence-corrected chi connectivity index (χ1v) is 10.6. The Kier molecular flexibility index (Phi) is 5.68. The zero-order valence-electron chi connectivity index (χ0n) is 18.2. The minimum atomic E-state index is -0.215. The Hall–Kier alpha value is -4.26. The van der Waals surface area contributed by atoms with Crippen molar-refractivity contribution in [2.45, 2.75) is 13.1 Å². The number of hydrogen-bond acceptors (Lipinski definition) is 5. The molecule has 4 aromatic rings. The van der Waals surface area contributed by atoms with Gasteiger partial charge < -0.3 is 19.5 Å².